The van der Waals surface area contributed by atoms with E-state index in [1.807, 2.05) is 6.92 Å². The van der Waals surface area contributed by atoms with E-state index in [1.54, 1.807) is 12.1 Å². The number of hydrogen-bond donors (Lipinski definition) is 2. The number of carboxylic acids is 1. The molecule has 5 heteroatoms. The highest BCUT2D eigenvalue weighted by Crippen LogP contribution is 2.15. The molecule has 0 bridgehead atoms. The largest absolute Gasteiger partial charge is 0.478 e. The lowest BCUT2D eigenvalue weighted by molar-refractivity contribution is 0.0696. The smallest absolute Gasteiger partial charge is 0.335 e. The number of nitrogens with one attached hydrogen (secondary N) is 1. The number of aromatic nitrogens is 1. The first-order valence-corrected chi connectivity index (χ1v) is 6.25. The molecule has 2 heterocycles. The Bertz CT molecular complexity index is 428. The molecule has 1 unspecified atom stereocenters. The van der Waals surface area contributed by atoms with E-state index in [1.165, 1.54) is 0 Å². The Hall–Kier alpha value is -1.62. The average molecular weight is 250 g/mol. The summed E-state index contributed by atoms with van der Waals surface area (Å²) in [5, 5.41) is 12.2. The van der Waals surface area contributed by atoms with Crippen molar-refractivity contribution in [3.8, 4) is 0 Å². The maximum Gasteiger partial charge on any atom is 0.335 e. The molecular formula is C13H18N2O3. The highest BCUT2D eigenvalue weighted by molar-refractivity contribution is 5.88. The van der Waals surface area contributed by atoms with E-state index in [4.69, 9.17) is 9.84 Å². The highest BCUT2D eigenvalue weighted by atomic mass is 16.5. The lowest BCUT2D eigenvalue weighted by atomic mass is 10.1. The fourth-order valence-corrected chi connectivity index (χ4v) is 1.98. The van der Waals surface area contributed by atoms with E-state index >= 15 is 0 Å². The van der Waals surface area contributed by atoms with Crippen LogP contribution in [0.3, 0.4) is 0 Å². The molecule has 1 fully saturated rings. The van der Waals surface area contributed by atoms with Gasteiger partial charge in [0, 0.05) is 24.8 Å². The molecular weight excluding hydrogens is 232 g/mol. The van der Waals surface area contributed by atoms with Gasteiger partial charge in [-0.3, -0.25) is 0 Å². The topological polar surface area (TPSA) is 71.5 Å². The summed E-state index contributed by atoms with van der Waals surface area (Å²) in [4.78, 5) is 15.4. The second kappa shape index (κ2) is 5.82. The van der Waals surface area contributed by atoms with Crippen LogP contribution in [0.4, 0.5) is 5.82 Å². The highest BCUT2D eigenvalue weighted by Gasteiger charge is 2.15. The van der Waals surface area contributed by atoms with Crippen molar-refractivity contribution in [2.45, 2.75) is 19.8 Å². The second-order valence-electron chi connectivity index (χ2n) is 4.50. The number of nitrogens with zero attached hydrogens (tertiary/aromatic N) is 1. The molecule has 98 valence electrons. The Kier molecular flexibility index (Phi) is 4.15. The third-order valence-corrected chi connectivity index (χ3v) is 3.08. The number of anilines is 1. The van der Waals surface area contributed by atoms with E-state index in [0.29, 0.717) is 11.7 Å². The number of pyridine rings is 1. The molecule has 0 aromatic carbocycles. The van der Waals surface area contributed by atoms with Crippen LogP contribution in [0.15, 0.2) is 12.1 Å². The molecule has 1 aromatic rings. The monoisotopic (exact) mass is 250 g/mol. The summed E-state index contributed by atoms with van der Waals surface area (Å²) >= 11 is 0. The Morgan fingerprint density at radius 1 is 1.61 bits per heavy atom. The first-order chi connectivity index (χ1) is 8.69. The number of carboxylic acid groups (broad SMARTS) is 1. The van der Waals surface area contributed by atoms with Crippen molar-refractivity contribution in [1.82, 2.24) is 4.98 Å². The lowest BCUT2D eigenvalue weighted by Crippen LogP contribution is -2.15. The predicted molar refractivity (Wildman–Crippen MR) is 68.0 cm³/mol. The maximum atomic E-state index is 11.0. The molecule has 5 nitrogen and oxygen atoms in total. The van der Waals surface area contributed by atoms with Crippen LogP contribution in [0.25, 0.3) is 0 Å². The number of carbonyl (C=O) groups is 1. The Balaban J connectivity index is 2.05. The van der Waals surface area contributed by atoms with Gasteiger partial charge in [-0.25, -0.2) is 9.78 Å². The fourth-order valence-electron chi connectivity index (χ4n) is 1.98. The zero-order valence-corrected chi connectivity index (χ0v) is 10.5. The predicted octanol–water partition coefficient (Wildman–Crippen LogP) is 1.79. The molecule has 0 amide bonds. The first kappa shape index (κ1) is 12.8. The zero-order valence-electron chi connectivity index (χ0n) is 10.5. The SMILES string of the molecule is CCc1cc(C(=O)O)cc(NCC2CCOC2)n1. The van der Waals surface area contributed by atoms with Crippen LogP contribution in [0.1, 0.15) is 29.4 Å². The van der Waals surface area contributed by atoms with Crippen LogP contribution in [-0.2, 0) is 11.2 Å². The van der Waals surface area contributed by atoms with Crippen LogP contribution in [0.5, 0.6) is 0 Å². The number of rotatable bonds is 5. The fraction of sp³-hybridized carbons (Fsp3) is 0.538. The molecule has 2 N–H and O–H groups in total. The average Bonchev–Trinajstić information content (AvgIpc) is 2.89. The molecule has 1 saturated heterocycles. The number of ether oxygens (including phenoxy) is 1. The normalized spacial score (nSPS) is 18.8. The molecule has 0 saturated carbocycles. The van der Waals surface area contributed by atoms with Gasteiger partial charge in [-0.05, 0) is 25.0 Å². The third-order valence-electron chi connectivity index (χ3n) is 3.08. The van der Waals surface area contributed by atoms with Crippen LogP contribution in [0, 0.1) is 5.92 Å². The molecule has 1 atom stereocenters. The van der Waals surface area contributed by atoms with Gasteiger partial charge in [0.25, 0.3) is 0 Å². The molecule has 1 aliphatic heterocycles. The van der Waals surface area contributed by atoms with Crippen LogP contribution >= 0.6 is 0 Å². The van der Waals surface area contributed by atoms with Crippen molar-refractivity contribution in [3.63, 3.8) is 0 Å². The lowest BCUT2D eigenvalue weighted by Gasteiger charge is -2.11. The summed E-state index contributed by atoms with van der Waals surface area (Å²) in [5.74, 6) is 0.211. The summed E-state index contributed by atoms with van der Waals surface area (Å²) in [6.07, 6.45) is 1.77. The second-order valence-corrected chi connectivity index (χ2v) is 4.50. The standard InChI is InChI=1S/C13H18N2O3/c1-2-11-5-10(13(16)17)6-12(15-11)14-7-9-3-4-18-8-9/h5-6,9H,2-4,7-8H2,1H3,(H,14,15)(H,16,17). The van der Waals surface area contributed by atoms with Crippen molar-refractivity contribution < 1.29 is 14.6 Å². The van der Waals surface area contributed by atoms with Gasteiger partial charge in [0.1, 0.15) is 5.82 Å². The summed E-state index contributed by atoms with van der Waals surface area (Å²) in [6, 6.07) is 3.20. The third kappa shape index (κ3) is 3.20. The number of hydrogen-bond acceptors (Lipinski definition) is 4. The molecule has 0 radical (unpaired) electrons. The Morgan fingerprint density at radius 2 is 2.44 bits per heavy atom. The van der Waals surface area contributed by atoms with Crippen molar-refractivity contribution in [3.05, 3.63) is 23.4 Å². The van der Waals surface area contributed by atoms with Gasteiger partial charge in [-0.2, -0.15) is 0 Å². The van der Waals surface area contributed by atoms with Gasteiger partial charge in [0.05, 0.1) is 12.2 Å². The summed E-state index contributed by atoms with van der Waals surface area (Å²) < 4.78 is 5.30. The molecule has 18 heavy (non-hydrogen) atoms. The molecule has 0 spiro atoms. The van der Waals surface area contributed by atoms with Crippen molar-refractivity contribution in [2.75, 3.05) is 25.1 Å². The van der Waals surface area contributed by atoms with E-state index < -0.39 is 5.97 Å². The van der Waals surface area contributed by atoms with Gasteiger partial charge >= 0.3 is 5.97 Å². The van der Waals surface area contributed by atoms with Gasteiger partial charge in [-0.15, -0.1) is 0 Å². The maximum absolute atomic E-state index is 11.0. The quantitative estimate of drug-likeness (QED) is 0.833. The zero-order chi connectivity index (χ0) is 13.0. The molecule has 0 aliphatic carbocycles. The van der Waals surface area contributed by atoms with Gasteiger partial charge in [0.15, 0.2) is 0 Å². The van der Waals surface area contributed by atoms with Crippen molar-refractivity contribution in [1.29, 1.82) is 0 Å². The van der Waals surface area contributed by atoms with E-state index in [2.05, 4.69) is 10.3 Å². The summed E-state index contributed by atoms with van der Waals surface area (Å²) in [6.45, 7) is 4.32. The molecule has 1 aromatic heterocycles. The van der Waals surface area contributed by atoms with E-state index in [0.717, 1.165) is 38.3 Å². The van der Waals surface area contributed by atoms with Gasteiger partial charge < -0.3 is 15.2 Å². The summed E-state index contributed by atoms with van der Waals surface area (Å²) in [7, 11) is 0. The minimum atomic E-state index is -0.917. The summed E-state index contributed by atoms with van der Waals surface area (Å²) in [5.41, 5.74) is 1.08. The molecule has 2 rings (SSSR count). The van der Waals surface area contributed by atoms with Crippen LogP contribution in [-0.4, -0.2) is 35.8 Å². The first-order valence-electron chi connectivity index (χ1n) is 6.25. The van der Waals surface area contributed by atoms with E-state index in [9.17, 15) is 4.79 Å². The Morgan fingerprint density at radius 3 is 3.06 bits per heavy atom. The number of aromatic carboxylic acids is 1. The van der Waals surface area contributed by atoms with Crippen LogP contribution in [0.2, 0.25) is 0 Å². The minimum Gasteiger partial charge on any atom is -0.478 e. The molecule has 1 aliphatic rings. The van der Waals surface area contributed by atoms with E-state index in [-0.39, 0.29) is 5.56 Å². The number of aryl methyl sites for hydroxylation is 1. The van der Waals surface area contributed by atoms with Crippen LogP contribution < -0.4 is 5.32 Å². The van der Waals surface area contributed by atoms with Crippen molar-refractivity contribution >= 4 is 11.8 Å². The van der Waals surface area contributed by atoms with Gasteiger partial charge in [0.2, 0.25) is 0 Å². The van der Waals surface area contributed by atoms with Gasteiger partial charge in [-0.1, -0.05) is 6.92 Å². The Labute approximate surface area is 106 Å². The van der Waals surface area contributed by atoms with Crippen molar-refractivity contribution in [2.24, 2.45) is 5.92 Å². The minimum absolute atomic E-state index is 0.284.